The highest BCUT2D eigenvalue weighted by Crippen LogP contribution is 2.35. The van der Waals surface area contributed by atoms with E-state index in [9.17, 15) is 29.1 Å². The fourth-order valence-electron chi connectivity index (χ4n) is 10.6. The number of pyridine rings is 1. The number of aliphatic hydroxyl groups is 1. The molecular formula is C65H89N7O14S. The molecule has 4 amide bonds. The van der Waals surface area contributed by atoms with E-state index in [0.717, 1.165) is 74.7 Å². The zero-order valence-corrected chi connectivity index (χ0v) is 52.6. The molecule has 0 saturated carbocycles. The van der Waals surface area contributed by atoms with Gasteiger partial charge in [-0.3, -0.25) is 24.0 Å². The molecular weight excluding hydrogens is 1130 g/mol. The Morgan fingerprint density at radius 1 is 0.770 bits per heavy atom. The van der Waals surface area contributed by atoms with E-state index < -0.39 is 35.4 Å². The largest absolute Gasteiger partial charge is 0.491 e. The number of benzene rings is 3. The molecule has 0 bridgehead atoms. The quantitative estimate of drug-likeness (QED) is 0.0271. The van der Waals surface area contributed by atoms with Gasteiger partial charge in [-0.2, -0.15) is 0 Å². The van der Waals surface area contributed by atoms with Gasteiger partial charge in [0.15, 0.2) is 0 Å². The lowest BCUT2D eigenvalue weighted by Gasteiger charge is -2.37. The summed E-state index contributed by atoms with van der Waals surface area (Å²) in [5.41, 5.74) is 10.2. The first-order chi connectivity index (χ1) is 41.9. The standard InChI is InChI=1S/C65H89N7O14S/c1-9-71(51-18-20-79-21-19-51)56-36-50(35-54(45(56)4)61(75)67-39-55-43(2)34-44(3)69-62(55)76)48-14-16-53(17-15-48)86-33-32-84-29-28-82-25-24-80-22-23-81-26-27-83-30-31-85-41-58(74)70-60(65(6,7)8)64(78)72-40-52(73)37-57(72)63(77)66-38-47-10-12-49(13-11-47)59-46(5)68-42-87-59/h10-17,34-36,42,51-52,57,60,73H,9,18-33,37-41H2,1-8H3,(H,66,77)(H,67,75)(H,69,76)(H,70,74)/t52-,57+,60?/m1/s1. The van der Waals surface area contributed by atoms with Crippen molar-refractivity contribution in [2.45, 2.75) is 112 Å². The number of hydrogen-bond donors (Lipinski definition) is 5. The number of amides is 4. The van der Waals surface area contributed by atoms with Gasteiger partial charge in [0.05, 0.1) is 94.9 Å². The van der Waals surface area contributed by atoms with E-state index in [2.05, 4.69) is 43.8 Å². The minimum absolute atomic E-state index is 0.0230. The molecule has 474 valence electrons. The van der Waals surface area contributed by atoms with E-state index in [1.165, 1.54) is 4.90 Å². The van der Waals surface area contributed by atoms with Crippen molar-refractivity contribution in [3.8, 4) is 27.3 Å². The van der Waals surface area contributed by atoms with E-state index in [0.29, 0.717) is 96.2 Å². The molecule has 2 aromatic heterocycles. The van der Waals surface area contributed by atoms with Crippen LogP contribution in [0.4, 0.5) is 5.69 Å². The molecule has 5 N–H and O–H groups in total. The summed E-state index contributed by atoms with van der Waals surface area (Å²) in [5.74, 6) is -0.867. The number of aryl methyl sites for hydroxylation is 3. The van der Waals surface area contributed by atoms with Gasteiger partial charge in [-0.05, 0) is 117 Å². The maximum Gasteiger partial charge on any atom is 0.253 e. The minimum Gasteiger partial charge on any atom is -0.491 e. The second kappa shape index (κ2) is 34.2. The molecule has 0 aliphatic carbocycles. The maximum atomic E-state index is 14.0. The molecule has 0 spiro atoms. The third-order valence-corrected chi connectivity index (χ3v) is 16.3. The number of rotatable bonds is 34. The fraction of sp³-hybridized carbons (Fsp3) is 0.538. The third kappa shape index (κ3) is 20.5. The minimum atomic E-state index is -0.973. The maximum absolute atomic E-state index is 14.0. The first kappa shape index (κ1) is 67.9. The predicted octanol–water partition coefficient (Wildman–Crippen LogP) is 6.62. The number of β-amino-alcohol motifs (C(OH)–C–C–N with tert-alkyl or cyclic N) is 1. The number of ether oxygens (including phenoxy) is 8. The number of aromatic nitrogens is 2. The van der Waals surface area contributed by atoms with Gasteiger partial charge in [-0.25, -0.2) is 4.98 Å². The number of nitrogens with one attached hydrogen (secondary N) is 4. The number of thiazole rings is 1. The van der Waals surface area contributed by atoms with Gasteiger partial charge in [-0.1, -0.05) is 57.2 Å². The highest BCUT2D eigenvalue weighted by Gasteiger charge is 2.44. The highest BCUT2D eigenvalue weighted by molar-refractivity contribution is 7.13. The normalized spacial score (nSPS) is 15.8. The van der Waals surface area contributed by atoms with Crippen LogP contribution in [0.3, 0.4) is 0 Å². The molecule has 7 rings (SSSR count). The van der Waals surface area contributed by atoms with E-state index >= 15 is 0 Å². The summed E-state index contributed by atoms with van der Waals surface area (Å²) in [5, 5.41) is 19.3. The van der Waals surface area contributed by atoms with Gasteiger partial charge in [0.2, 0.25) is 17.7 Å². The first-order valence-corrected chi connectivity index (χ1v) is 31.0. The number of H-pyrrole nitrogens is 1. The Balaban J connectivity index is 0.706. The lowest BCUT2D eigenvalue weighted by molar-refractivity contribution is -0.144. The molecule has 3 atom stereocenters. The Morgan fingerprint density at radius 3 is 1.94 bits per heavy atom. The molecule has 22 heteroatoms. The van der Waals surface area contributed by atoms with Crippen LogP contribution in [0, 0.1) is 33.1 Å². The molecule has 2 aliphatic rings. The molecule has 5 aromatic rings. The molecule has 4 heterocycles. The second-order valence-corrected chi connectivity index (χ2v) is 23.7. The number of nitrogens with zero attached hydrogens (tertiary/aromatic N) is 3. The topological polar surface area (TPSA) is 251 Å². The summed E-state index contributed by atoms with van der Waals surface area (Å²) in [6.45, 7) is 21.7. The van der Waals surface area contributed by atoms with Crippen LogP contribution in [0.1, 0.15) is 91.0 Å². The van der Waals surface area contributed by atoms with Crippen LogP contribution in [0.25, 0.3) is 21.6 Å². The van der Waals surface area contributed by atoms with Gasteiger partial charge in [0.1, 0.15) is 31.0 Å². The smallest absolute Gasteiger partial charge is 0.253 e. The molecule has 21 nitrogen and oxygen atoms in total. The molecule has 2 fully saturated rings. The lowest BCUT2D eigenvalue weighted by Crippen LogP contribution is -2.58. The number of hydrogen-bond acceptors (Lipinski definition) is 17. The molecule has 1 unspecified atom stereocenters. The van der Waals surface area contributed by atoms with Crippen molar-refractivity contribution in [3.63, 3.8) is 0 Å². The summed E-state index contributed by atoms with van der Waals surface area (Å²) < 4.78 is 45.3. The summed E-state index contributed by atoms with van der Waals surface area (Å²) >= 11 is 1.57. The predicted molar refractivity (Wildman–Crippen MR) is 333 cm³/mol. The van der Waals surface area contributed by atoms with Gasteiger partial charge < -0.3 is 73.7 Å². The highest BCUT2D eigenvalue weighted by atomic mass is 32.1. The van der Waals surface area contributed by atoms with Crippen molar-refractivity contribution >= 4 is 40.7 Å². The second-order valence-electron chi connectivity index (χ2n) is 22.9. The number of aromatic amines is 1. The van der Waals surface area contributed by atoms with Crippen molar-refractivity contribution < 1.29 is 62.2 Å². The summed E-state index contributed by atoms with van der Waals surface area (Å²) in [6.07, 6.45) is 1.02. The third-order valence-electron chi connectivity index (χ3n) is 15.3. The molecule has 3 aromatic carbocycles. The Morgan fingerprint density at radius 2 is 1.37 bits per heavy atom. The number of likely N-dealkylation sites (tertiary alicyclic amines) is 1. The van der Waals surface area contributed by atoms with E-state index in [-0.39, 0.29) is 69.3 Å². The zero-order valence-electron chi connectivity index (χ0n) is 51.8. The zero-order chi connectivity index (χ0) is 62.3. The van der Waals surface area contributed by atoms with Crippen molar-refractivity contribution in [1.82, 2.24) is 30.8 Å². The Kier molecular flexibility index (Phi) is 26.7. The van der Waals surface area contributed by atoms with Crippen molar-refractivity contribution in [2.24, 2.45) is 5.41 Å². The average molecular weight is 1220 g/mol. The van der Waals surface area contributed by atoms with Crippen molar-refractivity contribution in [2.75, 3.05) is 117 Å². The molecule has 0 radical (unpaired) electrons. The fourth-order valence-corrected chi connectivity index (χ4v) is 11.4. The number of carbonyl (C=O) groups is 4. The van der Waals surface area contributed by atoms with Crippen LogP contribution in [-0.2, 0) is 60.6 Å². The van der Waals surface area contributed by atoms with Gasteiger partial charge in [-0.15, -0.1) is 11.3 Å². The van der Waals surface area contributed by atoms with Gasteiger partial charge in [0.25, 0.3) is 11.5 Å². The van der Waals surface area contributed by atoms with Crippen LogP contribution in [0.5, 0.6) is 5.75 Å². The number of aliphatic hydroxyl groups excluding tert-OH is 1. The SMILES string of the molecule is CCN(c1cc(-c2ccc(OCCOCCOCCOCCOCCOCCOCC(=O)NC(C(=O)N3C[C@H](O)C[C@H]3C(=O)NCc3ccc(-c4scnc4C)cc3)C(C)(C)C)cc2)cc(C(=O)NCc2c(C)cc(C)[nH]c2=O)c1C)C1CCOCC1. The summed E-state index contributed by atoms with van der Waals surface area (Å²) in [4.78, 5) is 79.1. The van der Waals surface area contributed by atoms with Crippen molar-refractivity contribution in [3.05, 3.63) is 122 Å². The van der Waals surface area contributed by atoms with E-state index in [4.69, 9.17) is 37.9 Å². The van der Waals surface area contributed by atoms with Crippen LogP contribution < -0.4 is 31.1 Å². The molecule has 2 saturated heterocycles. The molecule has 87 heavy (non-hydrogen) atoms. The Labute approximate surface area is 515 Å². The van der Waals surface area contributed by atoms with Crippen LogP contribution in [0.2, 0.25) is 0 Å². The summed E-state index contributed by atoms with van der Waals surface area (Å²) in [6, 6.07) is 20.1. The van der Waals surface area contributed by atoms with Crippen molar-refractivity contribution in [1.29, 1.82) is 0 Å². The molecule has 2 aliphatic heterocycles. The first-order valence-electron chi connectivity index (χ1n) is 30.1. The van der Waals surface area contributed by atoms with E-state index in [1.807, 2.05) is 115 Å². The van der Waals surface area contributed by atoms with Crippen LogP contribution in [-0.4, -0.2) is 180 Å². The van der Waals surface area contributed by atoms with E-state index in [1.54, 1.807) is 11.3 Å². The summed E-state index contributed by atoms with van der Waals surface area (Å²) in [7, 11) is 0. The van der Waals surface area contributed by atoms with Gasteiger partial charge in [0, 0.05) is 74.4 Å². The number of anilines is 1. The van der Waals surface area contributed by atoms with Crippen LogP contribution >= 0.6 is 11.3 Å². The van der Waals surface area contributed by atoms with Crippen LogP contribution in [0.15, 0.2) is 77.0 Å². The Hall–Kier alpha value is -6.60. The average Bonchev–Trinajstić information content (AvgIpc) is 2.88. The number of carbonyl (C=O) groups excluding carboxylic acids is 4. The Bertz CT molecular complexity index is 3050. The lowest BCUT2D eigenvalue weighted by atomic mass is 9.85. The monoisotopic (exact) mass is 1220 g/mol. The van der Waals surface area contributed by atoms with Gasteiger partial charge >= 0.3 is 0 Å².